The van der Waals surface area contributed by atoms with Crippen LogP contribution >= 0.6 is 0 Å². The number of carbonyl (C=O) groups excluding carboxylic acids is 1. The lowest BCUT2D eigenvalue weighted by Crippen LogP contribution is -2.55. The van der Waals surface area contributed by atoms with E-state index in [9.17, 15) is 9.90 Å². The summed E-state index contributed by atoms with van der Waals surface area (Å²) in [5, 5.41) is 10.6. The molecule has 0 aromatic rings. The molecule has 0 aromatic carbocycles. The minimum atomic E-state index is -0.881. The van der Waals surface area contributed by atoms with Crippen molar-refractivity contribution in [3.63, 3.8) is 0 Å². The minimum Gasteiger partial charge on any atom is -0.385 e. The predicted octanol–water partition coefficient (Wildman–Crippen LogP) is 2.32. The summed E-state index contributed by atoms with van der Waals surface area (Å²) >= 11 is 0. The Morgan fingerprint density at radius 2 is 2.13 bits per heavy atom. The van der Waals surface area contributed by atoms with Crippen molar-refractivity contribution in [2.75, 3.05) is 0 Å². The molecule has 1 fully saturated rings. The molecule has 0 radical (unpaired) electrons. The van der Waals surface area contributed by atoms with E-state index in [1.165, 1.54) is 5.57 Å². The number of aliphatic hydroxyl groups is 1. The van der Waals surface area contributed by atoms with E-state index in [2.05, 4.69) is 20.8 Å². The maximum absolute atomic E-state index is 11.5. The average Bonchev–Trinajstić information content (AvgIpc) is 1.97. The third-order valence-corrected chi connectivity index (χ3v) is 4.27. The van der Waals surface area contributed by atoms with Crippen LogP contribution in [0.2, 0.25) is 0 Å². The monoisotopic (exact) mass is 208 g/mol. The molecule has 2 heteroatoms. The summed E-state index contributed by atoms with van der Waals surface area (Å²) in [6.45, 7) is 8.05. The lowest BCUT2D eigenvalue weighted by Gasteiger charge is -2.54. The van der Waals surface area contributed by atoms with Gasteiger partial charge in [0.15, 0.2) is 0 Å². The summed E-state index contributed by atoms with van der Waals surface area (Å²) in [4.78, 5) is 11.5. The highest BCUT2D eigenvalue weighted by Crippen LogP contribution is 2.55. The Labute approximate surface area is 91.4 Å². The quantitative estimate of drug-likeness (QED) is 0.671. The fourth-order valence-electron chi connectivity index (χ4n) is 3.70. The van der Waals surface area contributed by atoms with Gasteiger partial charge in [-0.05, 0) is 38.0 Å². The molecule has 2 nitrogen and oxygen atoms in total. The summed E-state index contributed by atoms with van der Waals surface area (Å²) in [7, 11) is 0. The molecule has 1 saturated carbocycles. The zero-order chi connectivity index (χ0) is 11.4. The van der Waals surface area contributed by atoms with Crippen molar-refractivity contribution in [3.8, 4) is 0 Å². The minimum absolute atomic E-state index is 0.125. The molecule has 0 aliphatic heterocycles. The molecule has 0 amide bonds. The molecular formula is C13H20O2. The second-order valence-corrected chi connectivity index (χ2v) is 6.00. The van der Waals surface area contributed by atoms with Gasteiger partial charge in [-0.2, -0.15) is 0 Å². The maximum atomic E-state index is 11.5. The van der Waals surface area contributed by atoms with Gasteiger partial charge in [0.2, 0.25) is 0 Å². The first-order chi connectivity index (χ1) is 6.76. The number of allylic oxidation sites excluding steroid dienone is 1. The Balaban J connectivity index is 2.44. The molecular weight excluding hydrogens is 188 g/mol. The Hall–Kier alpha value is -0.630. The number of rotatable bonds is 1. The molecule has 1 N–H and O–H groups in total. The topological polar surface area (TPSA) is 37.3 Å². The van der Waals surface area contributed by atoms with E-state index in [1.54, 1.807) is 6.92 Å². The fraction of sp³-hybridized carbons (Fsp3) is 0.769. The van der Waals surface area contributed by atoms with Gasteiger partial charge in [-0.3, -0.25) is 4.79 Å². The van der Waals surface area contributed by atoms with Crippen molar-refractivity contribution in [2.24, 2.45) is 17.3 Å². The van der Waals surface area contributed by atoms with Crippen molar-refractivity contribution < 1.29 is 9.90 Å². The molecule has 0 heterocycles. The largest absolute Gasteiger partial charge is 0.385 e. The molecule has 3 atom stereocenters. The van der Waals surface area contributed by atoms with Gasteiger partial charge in [0, 0.05) is 0 Å². The predicted molar refractivity (Wildman–Crippen MR) is 59.4 cm³/mol. The summed E-state index contributed by atoms with van der Waals surface area (Å²) in [5.74, 6) is 0.404. The van der Waals surface area contributed by atoms with Crippen molar-refractivity contribution in [1.29, 1.82) is 0 Å². The van der Waals surface area contributed by atoms with Gasteiger partial charge in [0.1, 0.15) is 5.78 Å². The van der Waals surface area contributed by atoms with Crippen molar-refractivity contribution in [1.82, 2.24) is 0 Å². The lowest BCUT2D eigenvalue weighted by molar-refractivity contribution is -0.139. The van der Waals surface area contributed by atoms with Gasteiger partial charge in [0.05, 0.1) is 11.5 Å². The molecule has 0 aromatic heterocycles. The van der Waals surface area contributed by atoms with Gasteiger partial charge in [-0.1, -0.05) is 25.5 Å². The molecule has 3 aliphatic rings. The second kappa shape index (κ2) is 2.94. The SMILES string of the molecule is CC(=O)[C@H]1C[C@H]2C(C)=C[C@]1(O)CC2(C)C. The van der Waals surface area contributed by atoms with Crippen LogP contribution in [0.3, 0.4) is 0 Å². The van der Waals surface area contributed by atoms with Crippen LogP contribution in [-0.2, 0) is 4.79 Å². The third-order valence-electron chi connectivity index (χ3n) is 4.27. The lowest BCUT2D eigenvalue weighted by atomic mass is 9.52. The second-order valence-electron chi connectivity index (χ2n) is 6.00. The first kappa shape index (κ1) is 10.9. The molecule has 2 bridgehead atoms. The van der Waals surface area contributed by atoms with E-state index in [-0.39, 0.29) is 17.1 Å². The van der Waals surface area contributed by atoms with E-state index < -0.39 is 5.60 Å². The van der Waals surface area contributed by atoms with Crippen LogP contribution in [0, 0.1) is 17.3 Å². The van der Waals surface area contributed by atoms with Gasteiger partial charge in [0.25, 0.3) is 0 Å². The number of ketones is 1. The van der Waals surface area contributed by atoms with E-state index in [1.807, 2.05) is 6.08 Å². The van der Waals surface area contributed by atoms with Crippen molar-refractivity contribution in [2.45, 2.75) is 46.1 Å². The Kier molecular flexibility index (Phi) is 2.13. The van der Waals surface area contributed by atoms with Crippen LogP contribution in [0.1, 0.15) is 40.5 Å². The zero-order valence-electron chi connectivity index (χ0n) is 10.0. The number of hydrogen-bond donors (Lipinski definition) is 1. The first-order valence-electron chi connectivity index (χ1n) is 5.68. The zero-order valence-corrected chi connectivity index (χ0v) is 10.0. The summed E-state index contributed by atoms with van der Waals surface area (Å²) < 4.78 is 0. The number of fused-ring (bicyclic) bond motifs is 2. The Morgan fingerprint density at radius 1 is 1.53 bits per heavy atom. The first-order valence-corrected chi connectivity index (χ1v) is 5.68. The summed E-state index contributed by atoms with van der Waals surface area (Å²) in [6, 6.07) is 0. The molecule has 0 saturated heterocycles. The highest BCUT2D eigenvalue weighted by Gasteiger charge is 2.54. The molecule has 15 heavy (non-hydrogen) atoms. The van der Waals surface area contributed by atoms with Crippen LogP contribution in [0.4, 0.5) is 0 Å². The smallest absolute Gasteiger partial charge is 0.136 e. The van der Waals surface area contributed by atoms with E-state index in [4.69, 9.17) is 0 Å². The normalized spacial score (nSPS) is 42.6. The van der Waals surface area contributed by atoms with Crippen LogP contribution in [-0.4, -0.2) is 16.5 Å². The molecule has 0 unspecified atom stereocenters. The maximum Gasteiger partial charge on any atom is 0.136 e. The Bertz CT molecular complexity index is 340. The molecule has 0 spiro atoms. The number of hydrogen-bond acceptors (Lipinski definition) is 2. The van der Waals surface area contributed by atoms with Gasteiger partial charge < -0.3 is 5.11 Å². The molecule has 3 aliphatic carbocycles. The number of Topliss-reactive ketones (excluding diaryl/α,β-unsaturated/α-hetero) is 1. The van der Waals surface area contributed by atoms with E-state index >= 15 is 0 Å². The highest BCUT2D eigenvalue weighted by atomic mass is 16.3. The standard InChI is InChI=1S/C13H20O2/c1-8-6-13(15)7-12(3,4)10(8)5-11(13)9(2)14/h6,10-11,15H,5,7H2,1-4H3/t10-,11+,13-/m0/s1. The van der Waals surface area contributed by atoms with Gasteiger partial charge >= 0.3 is 0 Å². The van der Waals surface area contributed by atoms with Crippen LogP contribution in [0.5, 0.6) is 0 Å². The van der Waals surface area contributed by atoms with Crippen LogP contribution in [0.25, 0.3) is 0 Å². The van der Waals surface area contributed by atoms with E-state index in [0.717, 1.165) is 6.42 Å². The van der Waals surface area contributed by atoms with Crippen molar-refractivity contribution >= 4 is 5.78 Å². The summed E-state index contributed by atoms with van der Waals surface area (Å²) in [6.07, 6.45) is 3.46. The van der Waals surface area contributed by atoms with E-state index in [0.29, 0.717) is 12.3 Å². The van der Waals surface area contributed by atoms with Gasteiger partial charge in [-0.25, -0.2) is 0 Å². The molecule has 3 rings (SSSR count). The van der Waals surface area contributed by atoms with Crippen molar-refractivity contribution in [3.05, 3.63) is 11.6 Å². The summed E-state index contributed by atoms with van der Waals surface area (Å²) in [5.41, 5.74) is 0.500. The number of carbonyl (C=O) groups is 1. The van der Waals surface area contributed by atoms with Gasteiger partial charge in [-0.15, -0.1) is 0 Å². The highest BCUT2D eigenvalue weighted by molar-refractivity contribution is 5.80. The fourth-order valence-corrected chi connectivity index (χ4v) is 3.70. The Morgan fingerprint density at radius 3 is 2.53 bits per heavy atom. The van der Waals surface area contributed by atoms with Crippen LogP contribution in [0.15, 0.2) is 11.6 Å². The molecule has 84 valence electrons. The van der Waals surface area contributed by atoms with Crippen LogP contribution < -0.4 is 0 Å². The average molecular weight is 208 g/mol. The third kappa shape index (κ3) is 1.46.